The van der Waals surface area contributed by atoms with Crippen LogP contribution in [0.3, 0.4) is 0 Å². The fourth-order valence-corrected chi connectivity index (χ4v) is 3.38. The third kappa shape index (κ3) is 3.81. The minimum atomic E-state index is -5.12. The Morgan fingerprint density at radius 1 is 1.24 bits per heavy atom. The summed E-state index contributed by atoms with van der Waals surface area (Å²) in [6.07, 6.45) is -0.344. The summed E-state index contributed by atoms with van der Waals surface area (Å²) in [6, 6.07) is 0. The van der Waals surface area contributed by atoms with Gasteiger partial charge < -0.3 is 14.4 Å². The minimum Gasteiger partial charge on any atom is -0.768 e. The van der Waals surface area contributed by atoms with E-state index in [2.05, 4.69) is 0 Å². The monoisotopic (exact) mass is 342 g/mol. The van der Waals surface area contributed by atoms with Crippen LogP contribution < -0.4 is 29.6 Å². The molecule has 0 saturated heterocycles. The molecule has 21 heavy (non-hydrogen) atoms. The molecule has 0 amide bonds. The maximum atomic E-state index is 13.1. The van der Waals surface area contributed by atoms with E-state index in [0.29, 0.717) is 0 Å². The summed E-state index contributed by atoms with van der Waals surface area (Å²) in [5.41, 5.74) is 0. The molecular formula is C11H15F4NaO4S. The van der Waals surface area contributed by atoms with Crippen molar-refractivity contribution in [3.63, 3.8) is 0 Å². The first-order valence-electron chi connectivity index (χ1n) is 6.31. The van der Waals surface area contributed by atoms with Crippen LogP contribution in [0.1, 0.15) is 25.7 Å². The average Bonchev–Trinajstić information content (AvgIpc) is 2.91. The van der Waals surface area contributed by atoms with E-state index in [-0.39, 0.29) is 41.4 Å². The SMILES string of the molecule is O=S([O-])C(F)(F)C(F)(F)CCOC1C2CCC(C2)C1O.[Na+]. The molecule has 118 valence electrons. The fourth-order valence-electron chi connectivity index (χ4n) is 3.03. The summed E-state index contributed by atoms with van der Waals surface area (Å²) in [7, 11) is 0. The standard InChI is InChI=1S/C11H16F4O4S.Na/c12-10(13,11(14,15)20(17)18)3-4-19-9-7-2-1-6(5-7)8(9)16;/h6-9,16H,1-5H2,(H,17,18);/q;+1/p-1. The average molecular weight is 342 g/mol. The van der Waals surface area contributed by atoms with Crippen LogP contribution in [-0.4, -0.2) is 43.9 Å². The summed E-state index contributed by atoms with van der Waals surface area (Å²) < 4.78 is 77.2. The molecule has 0 aromatic carbocycles. The van der Waals surface area contributed by atoms with Crippen molar-refractivity contribution >= 4 is 11.1 Å². The van der Waals surface area contributed by atoms with Gasteiger partial charge >= 0.3 is 40.7 Å². The molecule has 10 heteroatoms. The Labute approximate surface area is 144 Å². The van der Waals surface area contributed by atoms with E-state index in [9.17, 15) is 31.4 Å². The number of aliphatic hydroxyl groups excluding tert-OH is 1. The van der Waals surface area contributed by atoms with Gasteiger partial charge in [-0.3, -0.25) is 4.21 Å². The number of fused-ring (bicyclic) bond motifs is 2. The van der Waals surface area contributed by atoms with E-state index in [4.69, 9.17) is 4.74 Å². The van der Waals surface area contributed by atoms with Gasteiger partial charge in [-0.25, -0.2) is 0 Å². The zero-order chi connectivity index (χ0) is 15.1. The van der Waals surface area contributed by atoms with Crippen molar-refractivity contribution in [2.45, 2.75) is 49.1 Å². The molecule has 2 fully saturated rings. The van der Waals surface area contributed by atoms with Gasteiger partial charge in [-0.2, -0.15) is 17.6 Å². The molecule has 0 aromatic heterocycles. The molecule has 5 atom stereocenters. The number of halogens is 4. The van der Waals surface area contributed by atoms with E-state index < -0.39 is 47.5 Å². The second-order valence-corrected chi connectivity index (χ2v) is 6.35. The van der Waals surface area contributed by atoms with Gasteiger partial charge in [0.2, 0.25) is 0 Å². The molecule has 1 N–H and O–H groups in total. The van der Waals surface area contributed by atoms with Crippen molar-refractivity contribution in [1.82, 2.24) is 0 Å². The van der Waals surface area contributed by atoms with Crippen LogP contribution in [0, 0.1) is 11.8 Å². The van der Waals surface area contributed by atoms with Crippen LogP contribution in [0.2, 0.25) is 0 Å². The number of hydrogen-bond acceptors (Lipinski definition) is 4. The summed E-state index contributed by atoms with van der Waals surface area (Å²) >= 11 is -4.20. The maximum Gasteiger partial charge on any atom is 1.00 e. The first kappa shape index (κ1) is 19.8. The Morgan fingerprint density at radius 2 is 1.81 bits per heavy atom. The molecular weight excluding hydrogens is 327 g/mol. The van der Waals surface area contributed by atoms with Crippen molar-refractivity contribution in [3.8, 4) is 0 Å². The van der Waals surface area contributed by atoms with Crippen LogP contribution in [0.5, 0.6) is 0 Å². The van der Waals surface area contributed by atoms with Crippen LogP contribution >= 0.6 is 0 Å². The van der Waals surface area contributed by atoms with Crippen LogP contribution in [-0.2, 0) is 15.8 Å². The molecule has 0 radical (unpaired) electrons. The van der Waals surface area contributed by atoms with E-state index in [1.807, 2.05) is 0 Å². The van der Waals surface area contributed by atoms with Crippen molar-refractivity contribution in [2.75, 3.05) is 6.61 Å². The molecule has 0 aliphatic heterocycles. The minimum absolute atomic E-state index is 0. The predicted molar refractivity (Wildman–Crippen MR) is 60.0 cm³/mol. The third-order valence-corrected chi connectivity index (χ3v) is 4.88. The molecule has 4 nitrogen and oxygen atoms in total. The maximum absolute atomic E-state index is 13.1. The Balaban J connectivity index is 0.00000220. The van der Waals surface area contributed by atoms with Crippen LogP contribution in [0.25, 0.3) is 0 Å². The molecule has 2 saturated carbocycles. The Kier molecular flexibility index (Phi) is 6.70. The van der Waals surface area contributed by atoms with E-state index in [1.54, 1.807) is 0 Å². The van der Waals surface area contributed by atoms with Gasteiger partial charge in [0.1, 0.15) is 0 Å². The quantitative estimate of drug-likeness (QED) is 0.369. The molecule has 5 unspecified atom stereocenters. The Bertz CT molecular complexity index is 396. The number of alkyl halides is 4. The molecule has 2 rings (SSSR count). The smallest absolute Gasteiger partial charge is 0.768 e. The van der Waals surface area contributed by atoms with Crippen LogP contribution in [0.15, 0.2) is 0 Å². The molecule has 2 aliphatic rings. The first-order chi connectivity index (χ1) is 9.17. The number of aliphatic hydroxyl groups is 1. The zero-order valence-corrected chi connectivity index (χ0v) is 14.3. The van der Waals surface area contributed by atoms with Gasteiger partial charge in [0, 0.05) is 17.5 Å². The van der Waals surface area contributed by atoms with E-state index >= 15 is 0 Å². The fraction of sp³-hybridized carbons (Fsp3) is 1.00. The first-order valence-corrected chi connectivity index (χ1v) is 7.39. The Hall–Kier alpha value is 0.750. The van der Waals surface area contributed by atoms with Gasteiger partial charge in [-0.05, 0) is 31.1 Å². The summed E-state index contributed by atoms with van der Waals surface area (Å²) in [5, 5.41) is 4.68. The van der Waals surface area contributed by atoms with E-state index in [0.717, 1.165) is 19.3 Å². The van der Waals surface area contributed by atoms with Gasteiger partial charge in [0.05, 0.1) is 18.8 Å². The summed E-state index contributed by atoms with van der Waals surface area (Å²) in [6.45, 7) is -0.718. The van der Waals surface area contributed by atoms with Crippen LogP contribution in [0.4, 0.5) is 17.6 Å². The molecule has 0 aromatic rings. The van der Waals surface area contributed by atoms with Crippen molar-refractivity contribution in [1.29, 1.82) is 0 Å². The molecule has 2 aliphatic carbocycles. The second-order valence-electron chi connectivity index (χ2n) is 5.37. The summed E-state index contributed by atoms with van der Waals surface area (Å²) in [5.74, 6) is -4.54. The third-order valence-electron chi connectivity index (χ3n) is 4.16. The largest absolute Gasteiger partial charge is 1.00 e. The van der Waals surface area contributed by atoms with Gasteiger partial charge in [0.25, 0.3) is 0 Å². The molecule has 0 heterocycles. The van der Waals surface area contributed by atoms with E-state index in [1.165, 1.54) is 0 Å². The van der Waals surface area contributed by atoms with Gasteiger partial charge in [-0.15, -0.1) is 0 Å². The number of rotatable bonds is 6. The number of ether oxygens (including phenoxy) is 1. The topological polar surface area (TPSA) is 69.6 Å². The Morgan fingerprint density at radius 3 is 2.29 bits per heavy atom. The summed E-state index contributed by atoms with van der Waals surface area (Å²) in [4.78, 5) is 0. The van der Waals surface area contributed by atoms with Crippen molar-refractivity contribution in [3.05, 3.63) is 0 Å². The number of hydrogen-bond donors (Lipinski definition) is 1. The van der Waals surface area contributed by atoms with Crippen molar-refractivity contribution < 1.29 is 65.7 Å². The second kappa shape index (κ2) is 7.11. The van der Waals surface area contributed by atoms with Gasteiger partial charge in [0.15, 0.2) is 0 Å². The molecule has 2 bridgehead atoms. The van der Waals surface area contributed by atoms with Crippen molar-refractivity contribution in [2.24, 2.45) is 11.8 Å². The van der Waals surface area contributed by atoms with Gasteiger partial charge in [-0.1, -0.05) is 0 Å². The molecule has 0 spiro atoms. The predicted octanol–water partition coefficient (Wildman–Crippen LogP) is -1.34. The normalized spacial score (nSPS) is 33.8. The zero-order valence-electron chi connectivity index (χ0n) is 11.4.